The van der Waals surface area contributed by atoms with E-state index in [0.29, 0.717) is 18.6 Å². The van der Waals surface area contributed by atoms with E-state index in [-0.39, 0.29) is 18.3 Å². The third-order valence-electron chi connectivity index (χ3n) is 4.70. The number of carbonyl (C=O) groups excluding carboxylic acids is 1. The molecule has 5 heteroatoms. The van der Waals surface area contributed by atoms with Gasteiger partial charge in [0.1, 0.15) is 0 Å². The van der Waals surface area contributed by atoms with Gasteiger partial charge in [-0.1, -0.05) is 25.7 Å². The summed E-state index contributed by atoms with van der Waals surface area (Å²) >= 11 is 0. The van der Waals surface area contributed by atoms with Gasteiger partial charge in [-0.2, -0.15) is 0 Å². The van der Waals surface area contributed by atoms with Gasteiger partial charge in [0.2, 0.25) is 5.91 Å². The van der Waals surface area contributed by atoms with Crippen molar-refractivity contribution in [1.29, 1.82) is 0 Å². The molecule has 1 aliphatic heterocycles. The SMILES string of the molecule is Cl.O=C(CCC1CCCCO1)NCCNC1CCCCCC1. The first-order chi connectivity index (χ1) is 10.3. The molecule has 1 saturated carbocycles. The first-order valence-corrected chi connectivity index (χ1v) is 8.96. The van der Waals surface area contributed by atoms with E-state index in [1.54, 1.807) is 0 Å². The Morgan fingerprint density at radius 1 is 0.955 bits per heavy atom. The van der Waals surface area contributed by atoms with E-state index in [0.717, 1.165) is 32.5 Å². The van der Waals surface area contributed by atoms with Crippen molar-refractivity contribution < 1.29 is 9.53 Å². The molecule has 1 amide bonds. The average Bonchev–Trinajstić information content (AvgIpc) is 2.79. The van der Waals surface area contributed by atoms with Crippen LogP contribution in [-0.4, -0.2) is 37.7 Å². The Morgan fingerprint density at radius 2 is 1.68 bits per heavy atom. The van der Waals surface area contributed by atoms with Gasteiger partial charge in [0.25, 0.3) is 0 Å². The van der Waals surface area contributed by atoms with Gasteiger partial charge in [-0.3, -0.25) is 4.79 Å². The molecule has 130 valence electrons. The lowest BCUT2D eigenvalue weighted by atomic mass is 10.0. The second-order valence-corrected chi connectivity index (χ2v) is 6.52. The van der Waals surface area contributed by atoms with E-state index < -0.39 is 0 Å². The molecule has 0 aromatic rings. The summed E-state index contributed by atoms with van der Waals surface area (Å²) in [6, 6.07) is 0.667. The minimum absolute atomic E-state index is 0. The number of rotatable bonds is 7. The highest BCUT2D eigenvalue weighted by molar-refractivity contribution is 5.85. The third-order valence-corrected chi connectivity index (χ3v) is 4.70. The lowest BCUT2D eigenvalue weighted by Gasteiger charge is -2.22. The Labute approximate surface area is 141 Å². The second kappa shape index (κ2) is 12.1. The molecule has 1 unspecified atom stereocenters. The minimum atomic E-state index is 0. The van der Waals surface area contributed by atoms with Crippen LogP contribution >= 0.6 is 12.4 Å². The number of ether oxygens (including phenoxy) is 1. The highest BCUT2D eigenvalue weighted by Gasteiger charge is 2.15. The molecule has 0 radical (unpaired) electrons. The van der Waals surface area contributed by atoms with Crippen LogP contribution in [0.1, 0.15) is 70.6 Å². The molecule has 1 atom stereocenters. The van der Waals surface area contributed by atoms with Crippen molar-refractivity contribution in [1.82, 2.24) is 10.6 Å². The number of hydrogen-bond acceptors (Lipinski definition) is 3. The predicted molar refractivity (Wildman–Crippen MR) is 92.6 cm³/mol. The summed E-state index contributed by atoms with van der Waals surface area (Å²) in [5, 5.41) is 6.60. The number of amides is 1. The number of carbonyl (C=O) groups is 1. The molecule has 22 heavy (non-hydrogen) atoms. The van der Waals surface area contributed by atoms with Crippen LogP contribution in [-0.2, 0) is 9.53 Å². The molecular formula is C17H33ClN2O2. The van der Waals surface area contributed by atoms with Crippen LogP contribution < -0.4 is 10.6 Å². The maximum atomic E-state index is 11.8. The summed E-state index contributed by atoms with van der Waals surface area (Å²) in [5.74, 6) is 0.173. The monoisotopic (exact) mass is 332 g/mol. The topological polar surface area (TPSA) is 50.4 Å². The van der Waals surface area contributed by atoms with Crippen molar-refractivity contribution in [2.75, 3.05) is 19.7 Å². The summed E-state index contributed by atoms with van der Waals surface area (Å²) in [5.41, 5.74) is 0. The Balaban J connectivity index is 0.00000242. The molecule has 4 nitrogen and oxygen atoms in total. The molecule has 2 N–H and O–H groups in total. The van der Waals surface area contributed by atoms with Crippen molar-refractivity contribution in [3.8, 4) is 0 Å². The molecule has 1 heterocycles. The summed E-state index contributed by atoms with van der Waals surface area (Å²) in [7, 11) is 0. The smallest absolute Gasteiger partial charge is 0.220 e. The Hall–Kier alpha value is -0.320. The lowest BCUT2D eigenvalue weighted by molar-refractivity contribution is -0.122. The van der Waals surface area contributed by atoms with Gasteiger partial charge >= 0.3 is 0 Å². The zero-order chi connectivity index (χ0) is 14.8. The van der Waals surface area contributed by atoms with Gasteiger partial charge in [0, 0.05) is 32.2 Å². The van der Waals surface area contributed by atoms with Crippen LogP contribution in [0.4, 0.5) is 0 Å². The number of nitrogens with one attached hydrogen (secondary N) is 2. The van der Waals surface area contributed by atoms with Gasteiger partial charge < -0.3 is 15.4 Å². The second-order valence-electron chi connectivity index (χ2n) is 6.52. The Morgan fingerprint density at radius 3 is 2.36 bits per heavy atom. The van der Waals surface area contributed by atoms with Crippen LogP contribution in [0.25, 0.3) is 0 Å². The summed E-state index contributed by atoms with van der Waals surface area (Å²) < 4.78 is 5.65. The maximum absolute atomic E-state index is 11.8. The largest absolute Gasteiger partial charge is 0.378 e. The van der Waals surface area contributed by atoms with Crippen LogP contribution in [0.2, 0.25) is 0 Å². The van der Waals surface area contributed by atoms with Gasteiger partial charge in [-0.05, 0) is 38.5 Å². The molecule has 2 rings (SSSR count). The van der Waals surface area contributed by atoms with Crippen molar-refractivity contribution >= 4 is 18.3 Å². The fraction of sp³-hybridized carbons (Fsp3) is 0.941. The molecule has 0 aromatic heterocycles. The Bertz CT molecular complexity index is 288. The van der Waals surface area contributed by atoms with Gasteiger partial charge in [-0.25, -0.2) is 0 Å². The highest BCUT2D eigenvalue weighted by Crippen LogP contribution is 2.17. The summed E-state index contributed by atoms with van der Waals surface area (Å²) in [6.07, 6.45) is 13.4. The van der Waals surface area contributed by atoms with Gasteiger partial charge in [0.15, 0.2) is 0 Å². The first kappa shape index (κ1) is 19.7. The van der Waals surface area contributed by atoms with E-state index in [2.05, 4.69) is 10.6 Å². The minimum Gasteiger partial charge on any atom is -0.378 e. The van der Waals surface area contributed by atoms with E-state index in [1.165, 1.54) is 51.4 Å². The van der Waals surface area contributed by atoms with E-state index >= 15 is 0 Å². The molecular weight excluding hydrogens is 300 g/mol. The molecule has 1 aliphatic carbocycles. The van der Waals surface area contributed by atoms with Crippen LogP contribution in [0.5, 0.6) is 0 Å². The van der Waals surface area contributed by atoms with Gasteiger partial charge in [-0.15, -0.1) is 12.4 Å². The standard InChI is InChI=1S/C17H32N2O2.ClH/c20-17(11-10-16-9-5-6-14-21-16)19-13-12-18-15-7-3-1-2-4-8-15;/h15-16,18H,1-14H2,(H,19,20);1H. The van der Waals surface area contributed by atoms with Crippen LogP contribution in [0, 0.1) is 0 Å². The Kier molecular flexibility index (Phi) is 10.9. The van der Waals surface area contributed by atoms with Crippen molar-refractivity contribution in [3.63, 3.8) is 0 Å². The number of halogens is 1. The molecule has 1 saturated heterocycles. The summed E-state index contributed by atoms with van der Waals surface area (Å²) in [4.78, 5) is 11.8. The predicted octanol–water partition coefficient (Wildman–Crippen LogP) is 3.19. The quantitative estimate of drug-likeness (QED) is 0.556. The van der Waals surface area contributed by atoms with Crippen LogP contribution in [0.15, 0.2) is 0 Å². The van der Waals surface area contributed by atoms with Crippen molar-refractivity contribution in [3.05, 3.63) is 0 Å². The molecule has 0 bridgehead atoms. The van der Waals surface area contributed by atoms with E-state index in [9.17, 15) is 4.79 Å². The summed E-state index contributed by atoms with van der Waals surface area (Å²) in [6.45, 7) is 2.52. The van der Waals surface area contributed by atoms with Crippen molar-refractivity contribution in [2.24, 2.45) is 0 Å². The fourth-order valence-corrected chi connectivity index (χ4v) is 3.38. The lowest BCUT2D eigenvalue weighted by Crippen LogP contribution is -2.37. The zero-order valence-corrected chi connectivity index (χ0v) is 14.6. The van der Waals surface area contributed by atoms with Crippen molar-refractivity contribution in [2.45, 2.75) is 82.8 Å². The molecule has 2 fully saturated rings. The molecule has 0 spiro atoms. The molecule has 2 aliphatic rings. The maximum Gasteiger partial charge on any atom is 0.220 e. The molecule has 0 aromatic carbocycles. The number of hydrogen-bond donors (Lipinski definition) is 2. The zero-order valence-electron chi connectivity index (χ0n) is 13.8. The average molecular weight is 333 g/mol. The highest BCUT2D eigenvalue weighted by atomic mass is 35.5. The third kappa shape index (κ3) is 8.35. The first-order valence-electron chi connectivity index (χ1n) is 8.96. The normalized spacial score (nSPS) is 23.4. The van der Waals surface area contributed by atoms with Crippen LogP contribution in [0.3, 0.4) is 0 Å². The fourth-order valence-electron chi connectivity index (χ4n) is 3.38. The van der Waals surface area contributed by atoms with Gasteiger partial charge in [0.05, 0.1) is 6.10 Å². The van der Waals surface area contributed by atoms with E-state index in [1.807, 2.05) is 0 Å². The van der Waals surface area contributed by atoms with E-state index in [4.69, 9.17) is 4.74 Å².